The lowest BCUT2D eigenvalue weighted by molar-refractivity contribution is 1.20. The lowest BCUT2D eigenvalue weighted by Gasteiger charge is -2.33. The SMILES string of the molecule is Cc1cc(C)cc(N(c2cc(C)cc(C)c2)c2cc(-c3cc(N(c4cc(C)cc(C)c4)c4cc(C)cc(C)c4)cc(N(c4cc(C)cc(C)c4)c4cc(C)cc(C)c4)c3)cc(N(c3cc(C)cc(C)c3)c3cc(C)cc(C)c3)c2)c1. The summed E-state index contributed by atoms with van der Waals surface area (Å²) in [4.78, 5) is 9.92. The molecule has 0 radical (unpaired) electrons. The van der Waals surface area contributed by atoms with E-state index in [4.69, 9.17) is 0 Å². The van der Waals surface area contributed by atoms with Crippen LogP contribution in [0, 0.1) is 111 Å². The van der Waals surface area contributed by atoms with Gasteiger partial charge < -0.3 is 19.6 Å². The first-order chi connectivity index (χ1) is 38.1. The Morgan fingerprint density at radius 2 is 0.225 bits per heavy atom. The summed E-state index contributed by atoms with van der Waals surface area (Å²) in [6.45, 7) is 35.4. The molecule has 0 unspecified atom stereocenters. The van der Waals surface area contributed by atoms with Crippen molar-refractivity contribution in [2.24, 2.45) is 0 Å². The molecular weight excluding hydrogens is 969 g/mol. The normalized spacial score (nSPS) is 11.2. The van der Waals surface area contributed by atoms with Gasteiger partial charge in [0.15, 0.2) is 0 Å². The van der Waals surface area contributed by atoms with Gasteiger partial charge in [-0.15, -0.1) is 0 Å². The smallest absolute Gasteiger partial charge is 0.0488 e. The van der Waals surface area contributed by atoms with Crippen molar-refractivity contribution in [1.82, 2.24) is 0 Å². The molecule has 0 spiro atoms. The lowest BCUT2D eigenvalue weighted by atomic mass is 9.98. The molecule has 0 aliphatic carbocycles. The van der Waals surface area contributed by atoms with Crippen LogP contribution in [0.3, 0.4) is 0 Å². The zero-order valence-electron chi connectivity index (χ0n) is 50.1. The molecule has 0 saturated carbocycles. The molecule has 402 valence electrons. The maximum atomic E-state index is 2.48. The van der Waals surface area contributed by atoms with Gasteiger partial charge in [-0.25, -0.2) is 0 Å². The van der Waals surface area contributed by atoms with Crippen molar-refractivity contribution in [1.29, 1.82) is 0 Å². The van der Waals surface area contributed by atoms with E-state index in [0.29, 0.717) is 0 Å². The number of nitrogens with zero attached hydrogens (tertiary/aromatic N) is 4. The van der Waals surface area contributed by atoms with Crippen molar-refractivity contribution in [2.45, 2.75) is 111 Å². The van der Waals surface area contributed by atoms with Crippen molar-refractivity contribution in [3.63, 3.8) is 0 Å². The maximum absolute atomic E-state index is 2.48. The zero-order valence-corrected chi connectivity index (χ0v) is 50.1. The standard InChI is InChI=1S/C76H78N4/c1-47-17-48(2)26-65(25-47)77(66-27-49(3)18-50(4)28-66)73-41-63(42-74(45-73)78(67-29-51(5)19-52(6)30-67)68-31-53(7)20-54(8)32-68)64-43-75(79(69-33-55(9)21-56(10)34-69)70-35-57(11)22-58(12)36-70)46-76(44-64)80(71-37-59(13)23-60(14)38-71)72-39-61(15)24-62(16)40-72/h17-46H,1-16H3. The molecule has 0 heterocycles. The van der Waals surface area contributed by atoms with Crippen molar-refractivity contribution >= 4 is 68.2 Å². The predicted octanol–water partition coefficient (Wildman–Crippen LogP) is 22.2. The molecule has 10 aromatic carbocycles. The Bertz CT molecular complexity index is 3130. The Morgan fingerprint density at radius 1 is 0.125 bits per heavy atom. The lowest BCUT2D eigenvalue weighted by Crippen LogP contribution is -2.15. The highest BCUT2D eigenvalue weighted by atomic mass is 15.2. The molecule has 0 bridgehead atoms. The fourth-order valence-electron chi connectivity index (χ4n) is 12.5. The number of rotatable bonds is 13. The van der Waals surface area contributed by atoms with Crippen LogP contribution in [0.25, 0.3) is 11.1 Å². The highest BCUT2D eigenvalue weighted by molar-refractivity contribution is 5.92. The highest BCUT2D eigenvalue weighted by Gasteiger charge is 2.25. The van der Waals surface area contributed by atoms with Crippen LogP contribution in [0.2, 0.25) is 0 Å². The van der Waals surface area contributed by atoms with Crippen LogP contribution in [0.15, 0.2) is 182 Å². The van der Waals surface area contributed by atoms with Gasteiger partial charge in [-0.2, -0.15) is 0 Å². The Kier molecular flexibility index (Phi) is 15.2. The van der Waals surface area contributed by atoms with Gasteiger partial charge in [0.1, 0.15) is 0 Å². The van der Waals surface area contributed by atoms with Crippen molar-refractivity contribution in [3.05, 3.63) is 271 Å². The molecule has 10 aromatic rings. The molecular formula is C76H78N4. The van der Waals surface area contributed by atoms with Crippen LogP contribution in [0.5, 0.6) is 0 Å². The molecule has 0 aromatic heterocycles. The molecule has 0 atom stereocenters. The van der Waals surface area contributed by atoms with Gasteiger partial charge in [0.25, 0.3) is 0 Å². The molecule has 0 aliphatic rings. The van der Waals surface area contributed by atoms with Crippen LogP contribution in [0.4, 0.5) is 68.2 Å². The number of benzene rings is 10. The third kappa shape index (κ3) is 12.2. The van der Waals surface area contributed by atoms with E-state index in [1.54, 1.807) is 0 Å². The first kappa shape index (κ1) is 54.7. The van der Waals surface area contributed by atoms with Gasteiger partial charge in [-0.05, 0) is 344 Å². The summed E-state index contributed by atoms with van der Waals surface area (Å²) < 4.78 is 0. The minimum atomic E-state index is 1.05. The summed E-state index contributed by atoms with van der Waals surface area (Å²) in [5.41, 5.74) is 34.7. The summed E-state index contributed by atoms with van der Waals surface area (Å²) in [5, 5.41) is 0. The molecule has 0 fully saturated rings. The Labute approximate surface area is 478 Å². The van der Waals surface area contributed by atoms with E-state index in [1.165, 1.54) is 89.0 Å². The molecule has 4 heteroatoms. The van der Waals surface area contributed by atoms with E-state index in [-0.39, 0.29) is 0 Å². The molecule has 80 heavy (non-hydrogen) atoms. The third-order valence-electron chi connectivity index (χ3n) is 14.9. The Morgan fingerprint density at radius 3 is 0.338 bits per heavy atom. The van der Waals surface area contributed by atoms with E-state index >= 15 is 0 Å². The van der Waals surface area contributed by atoms with Crippen LogP contribution in [-0.2, 0) is 0 Å². The second-order valence-corrected chi connectivity index (χ2v) is 23.6. The van der Waals surface area contributed by atoms with Gasteiger partial charge in [-0.1, -0.05) is 48.5 Å². The van der Waals surface area contributed by atoms with Crippen molar-refractivity contribution < 1.29 is 0 Å². The molecule has 4 nitrogen and oxygen atoms in total. The molecule has 0 saturated heterocycles. The molecule has 10 rings (SSSR count). The number of hydrogen-bond acceptors (Lipinski definition) is 4. The summed E-state index contributed by atoms with van der Waals surface area (Å²) in [7, 11) is 0. The van der Waals surface area contributed by atoms with Crippen molar-refractivity contribution in [2.75, 3.05) is 19.6 Å². The average molecular weight is 1050 g/mol. The minimum Gasteiger partial charge on any atom is -0.310 e. The summed E-state index contributed by atoms with van der Waals surface area (Å²) >= 11 is 0. The van der Waals surface area contributed by atoms with E-state index in [2.05, 4.69) is 312 Å². The van der Waals surface area contributed by atoms with Gasteiger partial charge in [0.2, 0.25) is 0 Å². The monoisotopic (exact) mass is 1050 g/mol. The fourth-order valence-corrected chi connectivity index (χ4v) is 12.5. The quantitative estimate of drug-likeness (QED) is 0.114. The second-order valence-electron chi connectivity index (χ2n) is 23.6. The second kappa shape index (κ2) is 22.3. The Balaban J connectivity index is 1.38. The van der Waals surface area contributed by atoms with E-state index in [0.717, 1.165) is 79.4 Å². The summed E-state index contributed by atoms with van der Waals surface area (Å²) in [6.07, 6.45) is 0. The van der Waals surface area contributed by atoms with Gasteiger partial charge >= 0.3 is 0 Å². The summed E-state index contributed by atoms with van der Waals surface area (Å²) in [5.74, 6) is 0. The zero-order chi connectivity index (χ0) is 56.8. The first-order valence-electron chi connectivity index (χ1n) is 28.3. The number of hydrogen-bond donors (Lipinski definition) is 0. The van der Waals surface area contributed by atoms with Gasteiger partial charge in [0, 0.05) is 68.2 Å². The highest BCUT2D eigenvalue weighted by Crippen LogP contribution is 2.49. The maximum Gasteiger partial charge on any atom is 0.0488 e. The largest absolute Gasteiger partial charge is 0.310 e. The van der Waals surface area contributed by atoms with Crippen molar-refractivity contribution in [3.8, 4) is 11.1 Å². The number of anilines is 12. The van der Waals surface area contributed by atoms with Crippen LogP contribution >= 0.6 is 0 Å². The topological polar surface area (TPSA) is 13.0 Å². The van der Waals surface area contributed by atoms with Gasteiger partial charge in [-0.3, -0.25) is 0 Å². The van der Waals surface area contributed by atoms with Crippen LogP contribution in [0.1, 0.15) is 89.0 Å². The first-order valence-corrected chi connectivity index (χ1v) is 28.3. The third-order valence-corrected chi connectivity index (χ3v) is 14.9. The van der Waals surface area contributed by atoms with E-state index < -0.39 is 0 Å². The minimum absolute atomic E-state index is 1.05. The van der Waals surface area contributed by atoms with Crippen LogP contribution < -0.4 is 19.6 Å². The van der Waals surface area contributed by atoms with E-state index in [1.807, 2.05) is 0 Å². The van der Waals surface area contributed by atoms with E-state index in [9.17, 15) is 0 Å². The number of aryl methyl sites for hydroxylation is 16. The average Bonchev–Trinajstić information content (AvgIpc) is 3.32. The molecule has 0 amide bonds. The van der Waals surface area contributed by atoms with Gasteiger partial charge in [0.05, 0.1) is 0 Å². The molecule has 0 N–H and O–H groups in total. The molecule has 0 aliphatic heterocycles. The predicted molar refractivity (Wildman–Crippen MR) is 346 cm³/mol. The van der Waals surface area contributed by atoms with Crippen LogP contribution in [-0.4, -0.2) is 0 Å². The summed E-state index contributed by atoms with van der Waals surface area (Å²) in [6, 6.07) is 70.0. The fraction of sp³-hybridized carbons (Fsp3) is 0.211. The Hall–Kier alpha value is -8.60.